The van der Waals surface area contributed by atoms with Crippen molar-refractivity contribution >= 4 is 22.7 Å². The van der Waals surface area contributed by atoms with Gasteiger partial charge in [0.05, 0.1) is 11.4 Å². The summed E-state index contributed by atoms with van der Waals surface area (Å²) in [4.78, 5) is 2.20. The fraction of sp³-hybridized carbons (Fsp3) is 0.231. The van der Waals surface area contributed by atoms with Gasteiger partial charge in [0.15, 0.2) is 0 Å². The molecule has 0 bridgehead atoms. The molecule has 0 radical (unpaired) electrons. The molecular weight excluding hydrogens is 216 g/mol. The average molecular weight is 232 g/mol. The highest BCUT2D eigenvalue weighted by atomic mass is 32.1. The number of nitrogens with zero attached hydrogens (tertiary/aromatic N) is 1. The molecule has 1 aromatic heterocycles. The first-order valence-corrected chi connectivity index (χ1v) is 6.20. The van der Waals surface area contributed by atoms with E-state index in [0.717, 1.165) is 17.9 Å². The van der Waals surface area contributed by atoms with Gasteiger partial charge in [-0.2, -0.15) is 11.3 Å². The summed E-state index contributed by atoms with van der Waals surface area (Å²) in [5, 5.41) is 4.27. The topological polar surface area (TPSA) is 29.3 Å². The van der Waals surface area contributed by atoms with Gasteiger partial charge in [0.25, 0.3) is 0 Å². The molecule has 0 fully saturated rings. The molecular formula is C13H16N2S. The Bertz CT molecular complexity index is 443. The van der Waals surface area contributed by atoms with Crippen LogP contribution in [0.1, 0.15) is 11.1 Å². The van der Waals surface area contributed by atoms with Crippen LogP contribution in [0.4, 0.5) is 11.4 Å². The van der Waals surface area contributed by atoms with Gasteiger partial charge in [-0.3, -0.25) is 0 Å². The highest BCUT2D eigenvalue weighted by Crippen LogP contribution is 2.27. The minimum atomic E-state index is 0.845. The minimum absolute atomic E-state index is 0.845. The van der Waals surface area contributed by atoms with Gasteiger partial charge < -0.3 is 10.6 Å². The van der Waals surface area contributed by atoms with Crippen molar-refractivity contribution in [1.29, 1.82) is 0 Å². The van der Waals surface area contributed by atoms with Crippen molar-refractivity contribution in [2.45, 2.75) is 13.5 Å². The van der Waals surface area contributed by atoms with Gasteiger partial charge >= 0.3 is 0 Å². The molecule has 0 aliphatic rings. The van der Waals surface area contributed by atoms with Crippen molar-refractivity contribution in [3.8, 4) is 0 Å². The lowest BCUT2D eigenvalue weighted by Crippen LogP contribution is -2.18. The maximum absolute atomic E-state index is 6.01. The molecule has 0 saturated carbocycles. The number of para-hydroxylation sites is 1. The second kappa shape index (κ2) is 4.58. The fourth-order valence-corrected chi connectivity index (χ4v) is 2.60. The van der Waals surface area contributed by atoms with E-state index < -0.39 is 0 Å². The van der Waals surface area contributed by atoms with E-state index in [4.69, 9.17) is 5.73 Å². The van der Waals surface area contributed by atoms with Gasteiger partial charge in [0.1, 0.15) is 0 Å². The lowest BCUT2D eigenvalue weighted by atomic mass is 10.1. The number of rotatable bonds is 3. The third-order valence-electron chi connectivity index (χ3n) is 2.65. The van der Waals surface area contributed by atoms with E-state index in [9.17, 15) is 0 Å². The summed E-state index contributed by atoms with van der Waals surface area (Å²) in [5.74, 6) is 0. The van der Waals surface area contributed by atoms with Crippen molar-refractivity contribution < 1.29 is 0 Å². The van der Waals surface area contributed by atoms with Crippen LogP contribution in [0.5, 0.6) is 0 Å². The van der Waals surface area contributed by atoms with Gasteiger partial charge in [-0.1, -0.05) is 12.1 Å². The first-order chi connectivity index (χ1) is 7.68. The molecule has 16 heavy (non-hydrogen) atoms. The minimum Gasteiger partial charge on any atom is -0.397 e. The first-order valence-electron chi connectivity index (χ1n) is 5.26. The zero-order valence-corrected chi connectivity index (χ0v) is 10.4. The summed E-state index contributed by atoms with van der Waals surface area (Å²) in [6, 6.07) is 8.19. The number of hydrogen-bond donors (Lipinski definition) is 1. The number of hydrogen-bond acceptors (Lipinski definition) is 3. The molecule has 2 rings (SSSR count). The van der Waals surface area contributed by atoms with Crippen LogP contribution in [0.25, 0.3) is 0 Å². The second-order valence-electron chi connectivity index (χ2n) is 4.00. The molecule has 0 unspecified atom stereocenters. The SMILES string of the molecule is Cc1cccc(N)c1N(C)Cc1ccsc1. The average Bonchev–Trinajstić information content (AvgIpc) is 2.70. The molecule has 0 spiro atoms. The van der Waals surface area contributed by atoms with Gasteiger partial charge in [0, 0.05) is 13.6 Å². The Morgan fingerprint density at radius 3 is 2.75 bits per heavy atom. The van der Waals surface area contributed by atoms with E-state index >= 15 is 0 Å². The van der Waals surface area contributed by atoms with Gasteiger partial charge in [-0.05, 0) is 40.9 Å². The highest BCUT2D eigenvalue weighted by molar-refractivity contribution is 7.07. The summed E-state index contributed by atoms with van der Waals surface area (Å²) in [5.41, 5.74) is 10.5. The first kappa shape index (κ1) is 11.0. The van der Waals surface area contributed by atoms with E-state index in [1.54, 1.807) is 11.3 Å². The molecule has 0 aliphatic carbocycles. The van der Waals surface area contributed by atoms with E-state index in [2.05, 4.69) is 41.8 Å². The number of benzene rings is 1. The molecule has 0 atom stereocenters. The van der Waals surface area contributed by atoms with E-state index in [-0.39, 0.29) is 0 Å². The monoisotopic (exact) mass is 232 g/mol. The largest absolute Gasteiger partial charge is 0.397 e. The summed E-state index contributed by atoms with van der Waals surface area (Å²) < 4.78 is 0. The second-order valence-corrected chi connectivity index (χ2v) is 4.78. The van der Waals surface area contributed by atoms with Crippen LogP contribution >= 0.6 is 11.3 Å². The normalized spacial score (nSPS) is 10.4. The zero-order chi connectivity index (χ0) is 11.5. The maximum Gasteiger partial charge on any atom is 0.0630 e. The fourth-order valence-electron chi connectivity index (χ4n) is 1.94. The van der Waals surface area contributed by atoms with Crippen molar-refractivity contribution in [2.75, 3.05) is 17.7 Å². The van der Waals surface area contributed by atoms with Gasteiger partial charge in [-0.15, -0.1) is 0 Å². The van der Waals surface area contributed by atoms with Crippen molar-refractivity contribution in [3.05, 3.63) is 46.2 Å². The number of thiophene rings is 1. The van der Waals surface area contributed by atoms with Crippen LogP contribution < -0.4 is 10.6 Å². The predicted octanol–water partition coefficient (Wildman–Crippen LogP) is 3.28. The van der Waals surface area contributed by atoms with Crippen LogP contribution in [0, 0.1) is 6.92 Å². The molecule has 1 heterocycles. The summed E-state index contributed by atoms with van der Waals surface area (Å²) >= 11 is 1.73. The molecule has 0 amide bonds. The van der Waals surface area contributed by atoms with Crippen molar-refractivity contribution in [3.63, 3.8) is 0 Å². The summed E-state index contributed by atoms with van der Waals surface area (Å²) in [7, 11) is 2.08. The molecule has 3 heteroatoms. The molecule has 2 nitrogen and oxygen atoms in total. The third-order valence-corrected chi connectivity index (χ3v) is 3.38. The molecule has 2 N–H and O–H groups in total. The Morgan fingerprint density at radius 2 is 2.12 bits per heavy atom. The molecule has 1 aromatic carbocycles. The Morgan fingerprint density at radius 1 is 1.31 bits per heavy atom. The number of anilines is 2. The summed E-state index contributed by atoms with van der Waals surface area (Å²) in [6.45, 7) is 2.99. The Balaban J connectivity index is 2.24. The molecule has 0 aliphatic heterocycles. The predicted molar refractivity (Wildman–Crippen MR) is 72.0 cm³/mol. The lowest BCUT2D eigenvalue weighted by molar-refractivity contribution is 0.923. The van der Waals surface area contributed by atoms with Crippen LogP contribution in [-0.4, -0.2) is 7.05 Å². The molecule has 84 valence electrons. The number of nitrogen functional groups attached to an aromatic ring is 1. The van der Waals surface area contributed by atoms with E-state index in [1.807, 2.05) is 12.1 Å². The number of aryl methyl sites for hydroxylation is 1. The standard InChI is InChI=1S/C13H16N2S/c1-10-4-3-5-12(14)13(10)15(2)8-11-6-7-16-9-11/h3-7,9H,8,14H2,1-2H3. The summed E-state index contributed by atoms with van der Waals surface area (Å²) in [6.07, 6.45) is 0. The zero-order valence-electron chi connectivity index (χ0n) is 9.60. The third kappa shape index (κ3) is 2.19. The maximum atomic E-state index is 6.01. The quantitative estimate of drug-likeness (QED) is 0.823. The van der Waals surface area contributed by atoms with Gasteiger partial charge in [0.2, 0.25) is 0 Å². The van der Waals surface area contributed by atoms with E-state index in [1.165, 1.54) is 11.1 Å². The van der Waals surface area contributed by atoms with Crippen LogP contribution in [0.2, 0.25) is 0 Å². The lowest BCUT2D eigenvalue weighted by Gasteiger charge is -2.22. The molecule has 0 saturated heterocycles. The Kier molecular flexibility index (Phi) is 3.15. The van der Waals surface area contributed by atoms with Crippen molar-refractivity contribution in [1.82, 2.24) is 0 Å². The smallest absolute Gasteiger partial charge is 0.0630 e. The number of nitrogens with two attached hydrogens (primary N) is 1. The molecule has 2 aromatic rings. The van der Waals surface area contributed by atoms with Crippen LogP contribution in [0.3, 0.4) is 0 Å². The highest BCUT2D eigenvalue weighted by Gasteiger charge is 2.08. The Labute approximate surface area is 100 Å². The van der Waals surface area contributed by atoms with Crippen molar-refractivity contribution in [2.24, 2.45) is 0 Å². The van der Waals surface area contributed by atoms with Crippen LogP contribution in [0.15, 0.2) is 35.0 Å². The van der Waals surface area contributed by atoms with Gasteiger partial charge in [-0.25, -0.2) is 0 Å². The Hall–Kier alpha value is -1.48. The van der Waals surface area contributed by atoms with Crippen LogP contribution in [-0.2, 0) is 6.54 Å². The van der Waals surface area contributed by atoms with E-state index in [0.29, 0.717) is 0 Å².